The van der Waals surface area contributed by atoms with E-state index < -0.39 is 11.8 Å². The number of allylic oxidation sites excluding steroid dienone is 3. The molecule has 0 unspecified atom stereocenters. The second-order valence-corrected chi connectivity index (χ2v) is 4.13. The highest BCUT2D eigenvalue weighted by atomic mass is 79.9. The molecule has 0 fully saturated rings. The first-order valence-corrected chi connectivity index (χ1v) is 5.67. The molecular formula is C12H18BrFO2. The molecule has 0 aliphatic carbocycles. The van der Waals surface area contributed by atoms with Gasteiger partial charge in [-0.2, -0.15) is 0 Å². The minimum Gasteiger partial charge on any atom is -0.465 e. The quantitative estimate of drug-likeness (QED) is 0.441. The molecule has 0 aromatic carbocycles. The molecule has 16 heavy (non-hydrogen) atoms. The van der Waals surface area contributed by atoms with Gasteiger partial charge in [0, 0.05) is 4.48 Å². The number of halogens is 2. The highest BCUT2D eigenvalue weighted by Crippen LogP contribution is 2.13. The molecule has 0 bridgehead atoms. The van der Waals surface area contributed by atoms with Crippen molar-refractivity contribution in [3.8, 4) is 0 Å². The molecule has 0 rings (SSSR count). The average molecular weight is 293 g/mol. The largest absolute Gasteiger partial charge is 0.465 e. The van der Waals surface area contributed by atoms with E-state index >= 15 is 0 Å². The van der Waals surface area contributed by atoms with Crippen molar-refractivity contribution in [2.75, 3.05) is 7.11 Å². The van der Waals surface area contributed by atoms with Gasteiger partial charge in [0.15, 0.2) is 0 Å². The lowest BCUT2D eigenvalue weighted by atomic mass is 10.2. The fourth-order valence-electron chi connectivity index (χ4n) is 0.488. The molecule has 0 aliphatic heterocycles. The number of ether oxygens (including phenoxy) is 1. The van der Waals surface area contributed by atoms with Crippen LogP contribution >= 0.6 is 15.9 Å². The molecule has 0 heterocycles. The van der Waals surface area contributed by atoms with E-state index in [1.165, 1.54) is 19.6 Å². The summed E-state index contributed by atoms with van der Waals surface area (Å²) in [6, 6.07) is 0. The minimum atomic E-state index is -0.573. The second-order valence-electron chi connectivity index (χ2n) is 2.94. The average Bonchev–Trinajstić information content (AvgIpc) is 2.25. The first-order valence-electron chi connectivity index (χ1n) is 4.87. The van der Waals surface area contributed by atoms with E-state index in [-0.39, 0.29) is 5.57 Å². The molecule has 0 aliphatic rings. The highest BCUT2D eigenvalue weighted by molar-refractivity contribution is 9.11. The van der Waals surface area contributed by atoms with E-state index in [1.54, 1.807) is 6.92 Å². The number of carbonyl (C=O) groups excluding carboxylic acids is 1. The van der Waals surface area contributed by atoms with Crippen LogP contribution in [0.5, 0.6) is 0 Å². The molecule has 0 atom stereocenters. The number of esters is 1. The summed E-state index contributed by atoms with van der Waals surface area (Å²) in [6.45, 7) is 9.20. The van der Waals surface area contributed by atoms with Crippen LogP contribution < -0.4 is 0 Å². The zero-order valence-corrected chi connectivity index (χ0v) is 11.7. The molecule has 0 aromatic rings. The molecule has 92 valence electrons. The van der Waals surface area contributed by atoms with Gasteiger partial charge >= 0.3 is 5.97 Å². The molecule has 0 N–H and O–H groups in total. The Morgan fingerprint density at radius 3 is 2.19 bits per heavy atom. The van der Waals surface area contributed by atoms with Crippen LogP contribution in [0.2, 0.25) is 0 Å². The van der Waals surface area contributed by atoms with Gasteiger partial charge in [0.25, 0.3) is 0 Å². The fourth-order valence-corrected chi connectivity index (χ4v) is 0.620. The van der Waals surface area contributed by atoms with Gasteiger partial charge in [0.1, 0.15) is 5.83 Å². The zero-order valence-electron chi connectivity index (χ0n) is 10.1. The summed E-state index contributed by atoms with van der Waals surface area (Å²) in [5.41, 5.74) is 0.103. The molecular weight excluding hydrogens is 275 g/mol. The van der Waals surface area contributed by atoms with Crippen LogP contribution in [0, 0.1) is 0 Å². The molecule has 0 saturated heterocycles. The zero-order chi connectivity index (χ0) is 13.1. The van der Waals surface area contributed by atoms with Gasteiger partial charge < -0.3 is 4.74 Å². The maximum atomic E-state index is 12.8. The smallest absolute Gasteiger partial charge is 0.337 e. The lowest BCUT2D eigenvalue weighted by Gasteiger charge is -1.95. The Labute approximate surface area is 105 Å². The van der Waals surface area contributed by atoms with Crippen molar-refractivity contribution in [2.24, 2.45) is 0 Å². The number of methoxy groups -OCH3 is 1. The highest BCUT2D eigenvalue weighted by Gasteiger charge is 2.02. The Morgan fingerprint density at radius 2 is 1.88 bits per heavy atom. The van der Waals surface area contributed by atoms with E-state index in [9.17, 15) is 9.18 Å². The van der Waals surface area contributed by atoms with Crippen molar-refractivity contribution < 1.29 is 13.9 Å². The normalized spacial score (nSPS) is 11.4. The van der Waals surface area contributed by atoms with Crippen molar-refractivity contribution >= 4 is 21.9 Å². The van der Waals surface area contributed by atoms with Crippen molar-refractivity contribution in [1.29, 1.82) is 0 Å². The molecule has 4 heteroatoms. The van der Waals surface area contributed by atoms with E-state index in [2.05, 4.69) is 41.1 Å². The molecule has 0 radical (unpaired) electrons. The summed E-state index contributed by atoms with van der Waals surface area (Å²) in [7, 11) is 1.24. The molecule has 0 saturated carbocycles. The lowest BCUT2D eigenvalue weighted by molar-refractivity contribution is -0.135. The van der Waals surface area contributed by atoms with Gasteiger partial charge in [-0.15, -0.1) is 0 Å². The number of hydrogen-bond donors (Lipinski definition) is 0. The van der Waals surface area contributed by atoms with Crippen molar-refractivity contribution in [3.63, 3.8) is 0 Å². The van der Waals surface area contributed by atoms with Gasteiger partial charge in [-0.1, -0.05) is 42.8 Å². The third-order valence-corrected chi connectivity index (χ3v) is 1.59. The van der Waals surface area contributed by atoms with Crippen LogP contribution in [0.25, 0.3) is 0 Å². The monoisotopic (exact) mass is 292 g/mol. The van der Waals surface area contributed by atoms with Gasteiger partial charge in [0.2, 0.25) is 0 Å². The van der Waals surface area contributed by atoms with Crippen LogP contribution in [-0.4, -0.2) is 13.1 Å². The standard InChI is InChI=1S/C9H10BrFO2.C3H8/c1-6(9(12)13-3)4-5-8(11)7(2)10;1-3-2/h4-5H,1H2,2-3H3;3H2,1-2H3/b5-4-,8-7-;. The summed E-state index contributed by atoms with van der Waals surface area (Å²) >= 11 is 2.95. The third-order valence-electron chi connectivity index (χ3n) is 1.21. The summed E-state index contributed by atoms with van der Waals surface area (Å²) < 4.78 is 17.5. The maximum absolute atomic E-state index is 12.8. The van der Waals surface area contributed by atoms with Crippen LogP contribution in [0.15, 0.2) is 34.6 Å². The number of hydrogen-bond acceptors (Lipinski definition) is 2. The van der Waals surface area contributed by atoms with E-state index in [0.29, 0.717) is 4.48 Å². The van der Waals surface area contributed by atoms with Crippen LogP contribution in [0.1, 0.15) is 27.2 Å². The minimum absolute atomic E-state index is 0.103. The second kappa shape index (κ2) is 10.6. The summed E-state index contributed by atoms with van der Waals surface area (Å²) in [4.78, 5) is 10.8. The summed E-state index contributed by atoms with van der Waals surface area (Å²) in [5, 5.41) is 0. The SMILES string of the molecule is C=C(/C=C\C(F)=C(/C)Br)C(=O)OC.CCC. The van der Waals surface area contributed by atoms with Crippen LogP contribution in [-0.2, 0) is 9.53 Å². The molecule has 0 spiro atoms. The maximum Gasteiger partial charge on any atom is 0.337 e. The first-order chi connectivity index (χ1) is 7.40. The van der Waals surface area contributed by atoms with E-state index in [1.807, 2.05) is 0 Å². The molecule has 2 nitrogen and oxygen atoms in total. The predicted octanol–water partition coefficient (Wildman–Crippen LogP) is 4.28. The van der Waals surface area contributed by atoms with Crippen molar-refractivity contribution in [3.05, 3.63) is 34.6 Å². The van der Waals surface area contributed by atoms with Gasteiger partial charge in [0.05, 0.1) is 12.7 Å². The molecule has 0 amide bonds. The van der Waals surface area contributed by atoms with Gasteiger partial charge in [-0.3, -0.25) is 0 Å². The van der Waals surface area contributed by atoms with Crippen molar-refractivity contribution in [2.45, 2.75) is 27.2 Å². The summed E-state index contributed by atoms with van der Waals surface area (Å²) in [6.07, 6.45) is 3.65. The summed E-state index contributed by atoms with van der Waals surface area (Å²) in [5.74, 6) is -1.03. The Bertz CT molecular complexity index is 289. The number of rotatable bonds is 3. The lowest BCUT2D eigenvalue weighted by Crippen LogP contribution is -2.00. The number of carbonyl (C=O) groups is 1. The van der Waals surface area contributed by atoms with Gasteiger partial charge in [-0.05, 0) is 19.1 Å². The molecule has 0 aromatic heterocycles. The first kappa shape index (κ1) is 17.5. The van der Waals surface area contributed by atoms with Crippen LogP contribution in [0.4, 0.5) is 4.39 Å². The van der Waals surface area contributed by atoms with E-state index in [0.717, 1.165) is 6.08 Å². The van der Waals surface area contributed by atoms with Crippen LogP contribution in [0.3, 0.4) is 0 Å². The Balaban J connectivity index is 0. The van der Waals surface area contributed by atoms with Gasteiger partial charge in [-0.25, -0.2) is 9.18 Å². The Hall–Kier alpha value is -0.900. The third kappa shape index (κ3) is 9.65. The predicted molar refractivity (Wildman–Crippen MR) is 69.0 cm³/mol. The fraction of sp³-hybridized carbons (Fsp3) is 0.417. The Morgan fingerprint density at radius 1 is 1.44 bits per heavy atom. The van der Waals surface area contributed by atoms with E-state index in [4.69, 9.17) is 0 Å². The topological polar surface area (TPSA) is 26.3 Å². The Kier molecular flexibility index (Phi) is 11.6. The van der Waals surface area contributed by atoms with Crippen molar-refractivity contribution in [1.82, 2.24) is 0 Å².